The number of fused-ring (bicyclic) bond motifs is 3. The van der Waals surface area contributed by atoms with Crippen molar-refractivity contribution in [2.75, 3.05) is 24.9 Å². The molecule has 1 saturated heterocycles. The molecule has 4 unspecified atom stereocenters. The van der Waals surface area contributed by atoms with E-state index in [4.69, 9.17) is 9.47 Å². The highest BCUT2D eigenvalue weighted by Gasteiger charge is 2.37. The third kappa shape index (κ3) is 3.86. The normalized spacial score (nSPS) is 26.7. The van der Waals surface area contributed by atoms with Gasteiger partial charge in [0.2, 0.25) is 6.29 Å². The van der Waals surface area contributed by atoms with Gasteiger partial charge >= 0.3 is 0 Å². The highest BCUT2D eigenvalue weighted by Crippen LogP contribution is 2.40. The number of rotatable bonds is 3. The molecule has 4 rings (SSSR count). The minimum Gasteiger partial charge on any atom is -0.464 e. The van der Waals surface area contributed by atoms with Crippen LogP contribution in [0.4, 0.5) is 5.69 Å². The Morgan fingerprint density at radius 2 is 2.07 bits per heavy atom. The molecule has 4 atom stereocenters. The Kier molecular flexibility index (Phi) is 6.44. The van der Waals surface area contributed by atoms with Gasteiger partial charge in [0.15, 0.2) is 0 Å². The molecule has 27 heavy (non-hydrogen) atoms. The average molecular weight is 396 g/mol. The number of alkyl halides is 1. The van der Waals surface area contributed by atoms with Gasteiger partial charge < -0.3 is 30.1 Å². The Bertz CT molecular complexity index is 800. The van der Waals surface area contributed by atoms with E-state index in [-0.39, 0.29) is 13.0 Å². The van der Waals surface area contributed by atoms with Crippen LogP contribution in [0, 0.1) is 6.92 Å². The van der Waals surface area contributed by atoms with Gasteiger partial charge in [0.25, 0.3) is 0 Å². The SMILES string of the molecule is CCl.Cc1cccc2c(OC3CC(O)C(O)C(CO)O3)cc3c(c12)CCN3. The van der Waals surface area contributed by atoms with E-state index in [1.807, 2.05) is 18.2 Å². The number of aliphatic hydroxyl groups excluding tert-OH is 3. The molecule has 7 heteroatoms. The highest BCUT2D eigenvalue weighted by atomic mass is 35.5. The van der Waals surface area contributed by atoms with E-state index in [9.17, 15) is 15.3 Å². The predicted octanol–water partition coefficient (Wildman–Crippen LogP) is 2.18. The lowest BCUT2D eigenvalue weighted by atomic mass is 9.97. The van der Waals surface area contributed by atoms with Crippen molar-refractivity contribution in [2.24, 2.45) is 0 Å². The molecule has 2 aliphatic rings. The first-order valence-corrected chi connectivity index (χ1v) is 9.80. The molecule has 0 spiro atoms. The number of ether oxygens (including phenoxy) is 2. The standard InChI is InChI=1S/C19H23NO5.CH3Cl/c1-10-3-2-4-12-15(7-13-11(18(10)12)5-6-20-13)24-17-8-14(22)19(23)16(9-21)25-17;1-2/h2-4,7,14,16-17,19-23H,5-6,8-9H2,1H3;1H3. The molecule has 2 aromatic rings. The summed E-state index contributed by atoms with van der Waals surface area (Å²) in [6.07, 6.45) is -1.07. The van der Waals surface area contributed by atoms with Crippen LogP contribution in [-0.2, 0) is 11.2 Å². The van der Waals surface area contributed by atoms with Gasteiger partial charge in [-0.2, -0.15) is 0 Å². The second-order valence-corrected chi connectivity index (χ2v) is 6.77. The summed E-state index contributed by atoms with van der Waals surface area (Å²) in [5.74, 6) is 0.678. The van der Waals surface area contributed by atoms with Crippen molar-refractivity contribution in [3.05, 3.63) is 35.4 Å². The van der Waals surface area contributed by atoms with E-state index in [1.54, 1.807) is 0 Å². The minimum atomic E-state index is -1.11. The Morgan fingerprint density at radius 3 is 2.81 bits per heavy atom. The summed E-state index contributed by atoms with van der Waals surface area (Å²) in [6.45, 7) is 2.62. The maximum atomic E-state index is 10.0. The van der Waals surface area contributed by atoms with Crippen molar-refractivity contribution >= 4 is 28.1 Å². The van der Waals surface area contributed by atoms with Crippen molar-refractivity contribution in [1.82, 2.24) is 0 Å². The zero-order valence-electron chi connectivity index (χ0n) is 15.5. The van der Waals surface area contributed by atoms with E-state index in [0.717, 1.165) is 24.0 Å². The smallest absolute Gasteiger partial charge is 0.202 e. The molecule has 0 aromatic heterocycles. The molecule has 0 saturated carbocycles. The first-order chi connectivity index (χ1) is 13.1. The number of aryl methyl sites for hydroxylation is 1. The van der Waals surface area contributed by atoms with Gasteiger partial charge in [-0.1, -0.05) is 18.2 Å². The molecule has 0 aliphatic carbocycles. The molecule has 2 heterocycles. The quantitative estimate of drug-likeness (QED) is 0.595. The number of anilines is 1. The molecular formula is C20H26ClNO5. The Morgan fingerprint density at radius 1 is 1.30 bits per heavy atom. The molecular weight excluding hydrogens is 370 g/mol. The lowest BCUT2D eigenvalue weighted by Gasteiger charge is -2.36. The summed E-state index contributed by atoms with van der Waals surface area (Å²) < 4.78 is 11.7. The van der Waals surface area contributed by atoms with Crippen molar-refractivity contribution in [2.45, 2.75) is 44.4 Å². The van der Waals surface area contributed by atoms with E-state index in [1.165, 1.54) is 22.9 Å². The molecule has 2 aliphatic heterocycles. The summed E-state index contributed by atoms with van der Waals surface area (Å²) in [4.78, 5) is 0. The van der Waals surface area contributed by atoms with Gasteiger partial charge in [0, 0.05) is 36.5 Å². The van der Waals surface area contributed by atoms with Crippen LogP contribution in [-0.4, -0.2) is 59.5 Å². The second-order valence-electron chi connectivity index (χ2n) is 6.77. The molecule has 1 fully saturated rings. The van der Waals surface area contributed by atoms with Crippen LogP contribution in [0.3, 0.4) is 0 Å². The number of halogens is 1. The van der Waals surface area contributed by atoms with Crippen LogP contribution < -0.4 is 10.1 Å². The van der Waals surface area contributed by atoms with Crippen LogP contribution in [0.5, 0.6) is 5.75 Å². The van der Waals surface area contributed by atoms with E-state index in [0.29, 0.717) is 5.75 Å². The number of aliphatic hydroxyl groups is 3. The van der Waals surface area contributed by atoms with Crippen molar-refractivity contribution < 1.29 is 24.8 Å². The number of benzene rings is 2. The fraction of sp³-hybridized carbons (Fsp3) is 0.500. The average Bonchev–Trinajstić information content (AvgIpc) is 3.14. The van der Waals surface area contributed by atoms with E-state index in [2.05, 4.69) is 29.9 Å². The number of hydrogen-bond acceptors (Lipinski definition) is 6. The van der Waals surface area contributed by atoms with E-state index >= 15 is 0 Å². The zero-order valence-corrected chi connectivity index (χ0v) is 16.2. The molecule has 4 N–H and O–H groups in total. The maximum Gasteiger partial charge on any atom is 0.202 e. The van der Waals surface area contributed by atoms with Gasteiger partial charge in [0.1, 0.15) is 18.0 Å². The number of nitrogens with one attached hydrogen (secondary N) is 1. The monoisotopic (exact) mass is 395 g/mol. The van der Waals surface area contributed by atoms with Crippen LogP contribution in [0.1, 0.15) is 17.5 Å². The van der Waals surface area contributed by atoms with Crippen LogP contribution in [0.15, 0.2) is 24.3 Å². The minimum absolute atomic E-state index is 0.148. The Balaban J connectivity index is 0.00000102. The largest absolute Gasteiger partial charge is 0.464 e. The molecule has 0 bridgehead atoms. The first kappa shape index (κ1) is 20.2. The third-order valence-corrected chi connectivity index (χ3v) is 5.11. The Labute approximate surface area is 163 Å². The summed E-state index contributed by atoms with van der Waals surface area (Å²) in [5.41, 5.74) is 3.55. The topological polar surface area (TPSA) is 91.2 Å². The molecule has 6 nitrogen and oxygen atoms in total. The van der Waals surface area contributed by atoms with Gasteiger partial charge in [0.05, 0.1) is 12.7 Å². The molecule has 2 aromatic carbocycles. The zero-order chi connectivity index (χ0) is 19.6. The fourth-order valence-electron chi connectivity index (χ4n) is 3.83. The lowest BCUT2D eigenvalue weighted by Crippen LogP contribution is -2.51. The predicted molar refractivity (Wildman–Crippen MR) is 106 cm³/mol. The van der Waals surface area contributed by atoms with Crippen molar-refractivity contribution in [3.63, 3.8) is 0 Å². The van der Waals surface area contributed by atoms with E-state index < -0.39 is 24.6 Å². The van der Waals surface area contributed by atoms with Gasteiger partial charge in [-0.3, -0.25) is 0 Å². The van der Waals surface area contributed by atoms with Gasteiger partial charge in [-0.25, -0.2) is 0 Å². The van der Waals surface area contributed by atoms with Gasteiger partial charge in [-0.05, 0) is 29.9 Å². The first-order valence-electron chi connectivity index (χ1n) is 9.04. The third-order valence-electron chi connectivity index (χ3n) is 5.11. The number of hydrogen-bond donors (Lipinski definition) is 4. The summed E-state index contributed by atoms with van der Waals surface area (Å²) in [7, 11) is 0. The van der Waals surface area contributed by atoms with Crippen molar-refractivity contribution in [1.29, 1.82) is 0 Å². The van der Waals surface area contributed by atoms with Crippen LogP contribution >= 0.6 is 11.6 Å². The molecule has 0 amide bonds. The van der Waals surface area contributed by atoms with Crippen LogP contribution in [0.2, 0.25) is 0 Å². The van der Waals surface area contributed by atoms with Crippen molar-refractivity contribution in [3.8, 4) is 5.75 Å². The maximum absolute atomic E-state index is 10.0. The summed E-state index contributed by atoms with van der Waals surface area (Å²) in [6, 6.07) is 8.08. The summed E-state index contributed by atoms with van der Waals surface area (Å²) in [5, 5.41) is 34.8. The fourth-order valence-corrected chi connectivity index (χ4v) is 3.83. The Hall–Kier alpha value is -1.57. The molecule has 148 valence electrons. The van der Waals surface area contributed by atoms with Crippen LogP contribution in [0.25, 0.3) is 10.8 Å². The van der Waals surface area contributed by atoms with Gasteiger partial charge in [-0.15, -0.1) is 11.6 Å². The second kappa shape index (κ2) is 8.63. The lowest BCUT2D eigenvalue weighted by molar-refractivity contribution is -0.229. The highest BCUT2D eigenvalue weighted by molar-refractivity contribution is 6.15. The summed E-state index contributed by atoms with van der Waals surface area (Å²) >= 11 is 4.64. The molecule has 0 radical (unpaired) electrons.